The summed E-state index contributed by atoms with van der Waals surface area (Å²) in [5, 5.41) is 0. The van der Waals surface area contributed by atoms with Gasteiger partial charge in [0.25, 0.3) is 10.0 Å². The fraction of sp³-hybridized carbons (Fsp3) is 0.500. The van der Waals surface area contributed by atoms with E-state index in [1.54, 1.807) is 0 Å². The molecule has 0 aliphatic rings. The van der Waals surface area contributed by atoms with Crippen LogP contribution in [0.4, 0.5) is 0 Å². The van der Waals surface area contributed by atoms with Gasteiger partial charge < -0.3 is 10.5 Å². The predicted octanol–water partition coefficient (Wildman–Crippen LogP) is -0.136. The maximum Gasteiger partial charge on any atom is 0.358 e. The molecule has 0 unspecified atom stereocenters. The van der Waals surface area contributed by atoms with Gasteiger partial charge in [0.2, 0.25) is 5.91 Å². The van der Waals surface area contributed by atoms with E-state index in [1.165, 1.54) is 5.51 Å². The molecule has 0 aliphatic heterocycles. The van der Waals surface area contributed by atoms with Crippen molar-refractivity contribution >= 4 is 33.2 Å². The minimum atomic E-state index is -3.81. The minimum absolute atomic E-state index is 0.147. The average Bonchev–Trinajstić information content (AvgIpc) is 2.87. The Labute approximate surface area is 120 Å². The Kier molecular flexibility index (Phi) is 6.05. The Bertz CT molecular complexity index is 581. The number of nitrogens with two attached hydrogens (primary N) is 1. The first-order chi connectivity index (χ1) is 9.38. The second-order valence-electron chi connectivity index (χ2n) is 3.80. The molecule has 10 heteroatoms. The molecule has 0 radical (unpaired) electrons. The van der Waals surface area contributed by atoms with Gasteiger partial charge in [0, 0.05) is 13.0 Å². The molecular weight excluding hydrogens is 306 g/mol. The first-order valence-electron chi connectivity index (χ1n) is 5.68. The van der Waals surface area contributed by atoms with Crippen molar-refractivity contribution in [1.82, 2.24) is 9.71 Å². The SMILES string of the molecule is COC(=O)c1ncsc1S(=O)(=O)NCCCCC(N)=O. The van der Waals surface area contributed by atoms with E-state index in [0.717, 1.165) is 18.4 Å². The molecule has 0 aromatic carbocycles. The molecule has 20 heavy (non-hydrogen) atoms. The number of carbonyl (C=O) groups is 2. The number of primary amides is 1. The molecule has 1 amide bonds. The van der Waals surface area contributed by atoms with Crippen molar-refractivity contribution in [2.45, 2.75) is 23.5 Å². The number of nitrogens with one attached hydrogen (secondary N) is 1. The van der Waals surface area contributed by atoms with Crippen LogP contribution in [-0.4, -0.2) is 38.9 Å². The number of nitrogens with zero attached hydrogens (tertiary/aromatic N) is 1. The van der Waals surface area contributed by atoms with Crippen LogP contribution in [0.3, 0.4) is 0 Å². The second-order valence-corrected chi connectivity index (χ2v) is 6.62. The lowest BCUT2D eigenvalue weighted by atomic mass is 10.2. The number of methoxy groups -OCH3 is 1. The van der Waals surface area contributed by atoms with Crippen LogP contribution in [0.5, 0.6) is 0 Å². The van der Waals surface area contributed by atoms with Crippen LogP contribution in [0.15, 0.2) is 9.72 Å². The maximum atomic E-state index is 12.0. The summed E-state index contributed by atoms with van der Waals surface area (Å²) in [4.78, 5) is 25.6. The number of thiazole rings is 1. The summed E-state index contributed by atoms with van der Waals surface area (Å²) >= 11 is 0.832. The highest BCUT2D eigenvalue weighted by Crippen LogP contribution is 2.20. The number of ether oxygens (including phenoxy) is 1. The topological polar surface area (TPSA) is 128 Å². The van der Waals surface area contributed by atoms with Crippen LogP contribution in [0, 0.1) is 0 Å². The lowest BCUT2D eigenvalue weighted by Gasteiger charge is -2.05. The molecule has 0 saturated carbocycles. The Morgan fingerprint density at radius 1 is 1.45 bits per heavy atom. The minimum Gasteiger partial charge on any atom is -0.464 e. The number of hydrogen-bond donors (Lipinski definition) is 2. The Morgan fingerprint density at radius 2 is 2.15 bits per heavy atom. The van der Waals surface area contributed by atoms with Crippen molar-refractivity contribution in [3.05, 3.63) is 11.2 Å². The van der Waals surface area contributed by atoms with Gasteiger partial charge in [-0.2, -0.15) is 0 Å². The largest absolute Gasteiger partial charge is 0.464 e. The van der Waals surface area contributed by atoms with Gasteiger partial charge in [0.05, 0.1) is 12.6 Å². The van der Waals surface area contributed by atoms with Crippen LogP contribution in [0.25, 0.3) is 0 Å². The van der Waals surface area contributed by atoms with Crippen LogP contribution in [0.1, 0.15) is 29.8 Å². The summed E-state index contributed by atoms with van der Waals surface area (Å²) in [6, 6.07) is 0. The lowest BCUT2D eigenvalue weighted by molar-refractivity contribution is -0.118. The zero-order valence-electron chi connectivity index (χ0n) is 10.8. The fourth-order valence-electron chi connectivity index (χ4n) is 1.36. The summed E-state index contributed by atoms with van der Waals surface area (Å²) in [6.07, 6.45) is 1.16. The Hall–Kier alpha value is -1.52. The van der Waals surface area contributed by atoms with Gasteiger partial charge >= 0.3 is 5.97 Å². The van der Waals surface area contributed by atoms with Gasteiger partial charge in [-0.3, -0.25) is 4.79 Å². The highest BCUT2D eigenvalue weighted by molar-refractivity contribution is 7.91. The van der Waals surface area contributed by atoms with Gasteiger partial charge in [0.1, 0.15) is 0 Å². The Balaban J connectivity index is 2.63. The first-order valence-corrected chi connectivity index (χ1v) is 8.04. The number of carbonyl (C=O) groups excluding carboxylic acids is 2. The smallest absolute Gasteiger partial charge is 0.358 e. The van der Waals surface area contributed by atoms with E-state index < -0.39 is 21.9 Å². The van der Waals surface area contributed by atoms with Crippen molar-refractivity contribution < 1.29 is 22.7 Å². The summed E-state index contributed by atoms with van der Waals surface area (Å²) in [7, 11) is -2.67. The van der Waals surface area contributed by atoms with Crippen molar-refractivity contribution in [1.29, 1.82) is 0 Å². The Morgan fingerprint density at radius 3 is 2.75 bits per heavy atom. The summed E-state index contributed by atoms with van der Waals surface area (Å²) in [6.45, 7) is 0.147. The number of hydrogen-bond acceptors (Lipinski definition) is 7. The van der Waals surface area contributed by atoms with Gasteiger partial charge in [0.15, 0.2) is 9.90 Å². The van der Waals surface area contributed by atoms with Gasteiger partial charge in [-0.05, 0) is 12.8 Å². The van der Waals surface area contributed by atoms with E-state index in [2.05, 4.69) is 14.4 Å². The fourth-order valence-corrected chi connectivity index (χ4v) is 3.60. The van der Waals surface area contributed by atoms with Crippen LogP contribution in [0.2, 0.25) is 0 Å². The molecule has 0 fully saturated rings. The van der Waals surface area contributed by atoms with Crippen LogP contribution < -0.4 is 10.5 Å². The van der Waals surface area contributed by atoms with Crippen molar-refractivity contribution in [3.8, 4) is 0 Å². The van der Waals surface area contributed by atoms with E-state index in [-0.39, 0.29) is 22.9 Å². The summed E-state index contributed by atoms with van der Waals surface area (Å²) < 4.78 is 30.6. The number of aromatic nitrogens is 1. The second kappa shape index (κ2) is 7.31. The number of unbranched alkanes of at least 4 members (excludes halogenated alkanes) is 1. The molecule has 0 aliphatic carbocycles. The number of esters is 1. The molecule has 0 saturated heterocycles. The molecule has 1 aromatic heterocycles. The number of amides is 1. The van der Waals surface area contributed by atoms with E-state index in [9.17, 15) is 18.0 Å². The third-order valence-electron chi connectivity index (χ3n) is 2.30. The van der Waals surface area contributed by atoms with E-state index >= 15 is 0 Å². The first kappa shape index (κ1) is 16.5. The van der Waals surface area contributed by atoms with E-state index in [0.29, 0.717) is 12.8 Å². The molecule has 8 nitrogen and oxygen atoms in total. The summed E-state index contributed by atoms with van der Waals surface area (Å²) in [5.74, 6) is -1.23. The van der Waals surface area contributed by atoms with E-state index in [4.69, 9.17) is 5.73 Å². The monoisotopic (exact) mass is 321 g/mol. The zero-order valence-corrected chi connectivity index (χ0v) is 12.4. The van der Waals surface area contributed by atoms with Gasteiger partial charge in [-0.25, -0.2) is 22.9 Å². The molecule has 1 heterocycles. The average molecular weight is 321 g/mol. The standard InChI is InChI=1S/C10H15N3O5S2/c1-18-9(15)8-10(19-6-12-8)20(16,17)13-5-3-2-4-7(11)14/h6,13H,2-5H2,1H3,(H2,11,14). The van der Waals surface area contributed by atoms with Gasteiger partial charge in [-0.15, -0.1) is 11.3 Å². The number of sulfonamides is 1. The third kappa shape index (κ3) is 4.54. The van der Waals surface area contributed by atoms with Crippen LogP contribution >= 0.6 is 11.3 Å². The molecule has 0 atom stereocenters. The molecule has 3 N–H and O–H groups in total. The maximum absolute atomic E-state index is 12.0. The molecular formula is C10H15N3O5S2. The zero-order chi connectivity index (χ0) is 15.2. The van der Waals surface area contributed by atoms with Crippen molar-refractivity contribution in [3.63, 3.8) is 0 Å². The van der Waals surface area contributed by atoms with E-state index in [1.807, 2.05) is 0 Å². The molecule has 0 spiro atoms. The highest BCUT2D eigenvalue weighted by atomic mass is 32.2. The molecule has 112 valence electrons. The molecule has 1 aromatic rings. The predicted molar refractivity (Wildman–Crippen MR) is 71.7 cm³/mol. The quantitative estimate of drug-likeness (QED) is 0.506. The normalized spacial score (nSPS) is 11.2. The number of rotatable bonds is 8. The van der Waals surface area contributed by atoms with Gasteiger partial charge in [-0.1, -0.05) is 0 Å². The summed E-state index contributed by atoms with van der Waals surface area (Å²) in [5.41, 5.74) is 5.99. The molecule has 0 bridgehead atoms. The van der Waals surface area contributed by atoms with Crippen molar-refractivity contribution in [2.75, 3.05) is 13.7 Å². The van der Waals surface area contributed by atoms with Crippen LogP contribution in [-0.2, 0) is 19.6 Å². The molecule has 1 rings (SSSR count). The van der Waals surface area contributed by atoms with Crippen molar-refractivity contribution in [2.24, 2.45) is 5.73 Å². The third-order valence-corrected chi connectivity index (χ3v) is 5.13. The lowest BCUT2D eigenvalue weighted by Crippen LogP contribution is -2.26. The highest BCUT2D eigenvalue weighted by Gasteiger charge is 2.25.